The summed E-state index contributed by atoms with van der Waals surface area (Å²) in [4.78, 5) is 17.0. The fourth-order valence-corrected chi connectivity index (χ4v) is 5.03. The van der Waals surface area contributed by atoms with Crippen LogP contribution in [-0.2, 0) is 27.8 Å². The number of thiazole rings is 1. The molecule has 0 saturated heterocycles. The number of nitrogens with zero attached hydrogens (tertiary/aromatic N) is 1. The molecule has 7 nitrogen and oxygen atoms in total. The highest BCUT2D eigenvalue weighted by atomic mass is 35.5. The predicted octanol–water partition coefficient (Wildman–Crippen LogP) is 4.72. The van der Waals surface area contributed by atoms with E-state index >= 15 is 0 Å². The molecule has 0 spiro atoms. The average Bonchev–Trinajstić information content (AvgIpc) is 3.45. The maximum Gasteiger partial charge on any atom is 0.240 e. The number of carbonyl (C=O) groups is 1. The van der Waals surface area contributed by atoms with E-state index in [1.807, 2.05) is 23.6 Å². The van der Waals surface area contributed by atoms with E-state index in [0.29, 0.717) is 22.2 Å². The zero-order chi connectivity index (χ0) is 22.6. The Morgan fingerprint density at radius 3 is 2.56 bits per heavy atom. The van der Waals surface area contributed by atoms with Crippen molar-refractivity contribution < 1.29 is 17.6 Å². The van der Waals surface area contributed by atoms with Gasteiger partial charge in [-0.05, 0) is 42.5 Å². The van der Waals surface area contributed by atoms with E-state index in [1.54, 1.807) is 18.2 Å². The minimum atomic E-state index is -3.70. The largest absolute Gasteiger partial charge is 0.468 e. The highest BCUT2D eigenvalue weighted by Gasteiger charge is 2.15. The van der Waals surface area contributed by atoms with Crippen LogP contribution < -0.4 is 10.0 Å². The van der Waals surface area contributed by atoms with Gasteiger partial charge in [0.1, 0.15) is 10.8 Å². The maximum atomic E-state index is 12.4. The topological polar surface area (TPSA) is 101 Å². The van der Waals surface area contributed by atoms with Crippen LogP contribution in [0.2, 0.25) is 5.02 Å². The summed E-state index contributed by atoms with van der Waals surface area (Å²) in [6.07, 6.45) is 1.57. The summed E-state index contributed by atoms with van der Waals surface area (Å²) in [7, 11) is -3.70. The van der Waals surface area contributed by atoms with E-state index in [4.69, 9.17) is 16.0 Å². The number of rotatable bonds is 8. The van der Waals surface area contributed by atoms with Crippen molar-refractivity contribution in [2.24, 2.45) is 0 Å². The summed E-state index contributed by atoms with van der Waals surface area (Å²) in [5, 5.41) is 5.92. The summed E-state index contributed by atoms with van der Waals surface area (Å²) >= 11 is 7.62. The molecule has 0 fully saturated rings. The number of nitrogens with one attached hydrogen (secondary N) is 2. The van der Waals surface area contributed by atoms with Gasteiger partial charge in [-0.3, -0.25) is 4.79 Å². The Kier molecular flexibility index (Phi) is 6.71. The number of aromatic nitrogens is 1. The Morgan fingerprint density at radius 2 is 1.84 bits per heavy atom. The third-order valence-electron chi connectivity index (χ3n) is 4.46. The highest BCUT2D eigenvalue weighted by Crippen LogP contribution is 2.30. The van der Waals surface area contributed by atoms with Gasteiger partial charge in [0.05, 0.1) is 34.8 Å². The molecule has 2 N–H and O–H groups in total. The summed E-state index contributed by atoms with van der Waals surface area (Å²) in [5.74, 6) is 0.254. The Balaban J connectivity index is 1.35. The Bertz CT molecular complexity index is 1320. The summed E-state index contributed by atoms with van der Waals surface area (Å²) in [5.41, 5.74) is 1.94. The maximum absolute atomic E-state index is 12.4. The minimum absolute atomic E-state index is 0.0532. The summed E-state index contributed by atoms with van der Waals surface area (Å²) in [6, 6.07) is 16.7. The van der Waals surface area contributed by atoms with Gasteiger partial charge in [-0.2, -0.15) is 0 Å². The van der Waals surface area contributed by atoms with Crippen molar-refractivity contribution in [3.63, 3.8) is 0 Å². The van der Waals surface area contributed by atoms with E-state index < -0.39 is 10.0 Å². The molecule has 0 aliphatic carbocycles. The Hall–Kier alpha value is -2.98. The first kappa shape index (κ1) is 22.2. The van der Waals surface area contributed by atoms with Crippen molar-refractivity contribution in [3.8, 4) is 10.6 Å². The smallest absolute Gasteiger partial charge is 0.240 e. The fraction of sp³-hybridized carbons (Fsp3) is 0.0909. The van der Waals surface area contributed by atoms with Gasteiger partial charge in [-0.1, -0.05) is 29.8 Å². The van der Waals surface area contributed by atoms with Crippen LogP contribution in [-0.4, -0.2) is 19.3 Å². The van der Waals surface area contributed by atoms with Crippen molar-refractivity contribution in [1.82, 2.24) is 9.71 Å². The molecular weight excluding hydrogens is 470 g/mol. The number of sulfonamides is 1. The van der Waals surface area contributed by atoms with Crippen LogP contribution >= 0.6 is 22.9 Å². The standard InChI is InChI=1S/C22H18ClN3O4S2/c23-20-6-2-1-5-19(20)22-26-16(14-31-22)12-21(27)25-15-7-9-18(10-8-15)32(28,29)24-13-17-4-3-11-30-17/h1-11,14,24H,12-13H2,(H,25,27). The third-order valence-corrected chi connectivity index (χ3v) is 7.13. The second-order valence-electron chi connectivity index (χ2n) is 6.78. The monoisotopic (exact) mass is 487 g/mol. The lowest BCUT2D eigenvalue weighted by atomic mass is 10.2. The van der Waals surface area contributed by atoms with Crippen LogP contribution in [0.25, 0.3) is 10.6 Å². The lowest BCUT2D eigenvalue weighted by Gasteiger charge is -2.08. The van der Waals surface area contributed by atoms with Gasteiger partial charge >= 0.3 is 0 Å². The van der Waals surface area contributed by atoms with Crippen LogP contribution in [0.15, 0.2) is 81.6 Å². The second-order valence-corrected chi connectivity index (χ2v) is 9.81. The van der Waals surface area contributed by atoms with Crippen LogP contribution in [0.3, 0.4) is 0 Å². The molecule has 0 aliphatic rings. The number of hydrogen-bond donors (Lipinski definition) is 2. The predicted molar refractivity (Wildman–Crippen MR) is 124 cm³/mol. The highest BCUT2D eigenvalue weighted by molar-refractivity contribution is 7.89. The van der Waals surface area contributed by atoms with Crippen molar-refractivity contribution in [1.29, 1.82) is 0 Å². The fourth-order valence-electron chi connectivity index (χ4n) is 2.90. The molecule has 4 rings (SSSR count). The first-order chi connectivity index (χ1) is 15.4. The molecule has 32 heavy (non-hydrogen) atoms. The van der Waals surface area contributed by atoms with Gasteiger partial charge in [0.15, 0.2) is 0 Å². The van der Waals surface area contributed by atoms with E-state index in [1.165, 1.54) is 41.9 Å². The van der Waals surface area contributed by atoms with E-state index in [2.05, 4.69) is 15.0 Å². The molecule has 1 amide bonds. The molecule has 2 aromatic heterocycles. The molecule has 2 heterocycles. The number of anilines is 1. The SMILES string of the molecule is O=C(Cc1csc(-c2ccccc2Cl)n1)Nc1ccc(S(=O)(=O)NCc2ccco2)cc1. The van der Waals surface area contributed by atoms with Gasteiger partial charge in [0.25, 0.3) is 0 Å². The molecule has 0 saturated carbocycles. The Labute approximate surface area is 194 Å². The lowest BCUT2D eigenvalue weighted by Crippen LogP contribution is -2.23. The molecule has 0 aliphatic heterocycles. The molecule has 0 bridgehead atoms. The molecule has 10 heteroatoms. The molecule has 0 atom stereocenters. The van der Waals surface area contributed by atoms with Crippen LogP contribution in [0, 0.1) is 0 Å². The number of halogens is 1. The third kappa shape index (κ3) is 5.43. The quantitative estimate of drug-likeness (QED) is 0.374. The van der Waals surface area contributed by atoms with E-state index in [0.717, 1.165) is 10.6 Å². The average molecular weight is 488 g/mol. The lowest BCUT2D eigenvalue weighted by molar-refractivity contribution is -0.115. The molecule has 0 radical (unpaired) electrons. The van der Waals surface area contributed by atoms with Crippen molar-refractivity contribution in [2.45, 2.75) is 17.9 Å². The zero-order valence-corrected chi connectivity index (χ0v) is 19.0. The molecule has 2 aromatic carbocycles. The molecule has 164 valence electrons. The first-order valence-electron chi connectivity index (χ1n) is 9.52. The van der Waals surface area contributed by atoms with Gasteiger partial charge in [-0.15, -0.1) is 11.3 Å². The van der Waals surface area contributed by atoms with Gasteiger partial charge < -0.3 is 9.73 Å². The van der Waals surface area contributed by atoms with Crippen LogP contribution in [0.1, 0.15) is 11.5 Å². The molecule has 4 aromatic rings. The van der Waals surface area contributed by atoms with E-state index in [9.17, 15) is 13.2 Å². The number of benzene rings is 2. The van der Waals surface area contributed by atoms with Crippen molar-refractivity contribution in [2.75, 3.05) is 5.32 Å². The normalized spacial score (nSPS) is 11.4. The van der Waals surface area contributed by atoms with Gasteiger partial charge in [0.2, 0.25) is 15.9 Å². The number of furan rings is 1. The number of hydrogen-bond acceptors (Lipinski definition) is 6. The Morgan fingerprint density at radius 1 is 1.06 bits per heavy atom. The number of carbonyl (C=O) groups excluding carboxylic acids is 1. The zero-order valence-electron chi connectivity index (χ0n) is 16.6. The molecular formula is C22H18ClN3O4S2. The summed E-state index contributed by atoms with van der Waals surface area (Å²) in [6.45, 7) is 0.0532. The first-order valence-corrected chi connectivity index (χ1v) is 12.3. The van der Waals surface area contributed by atoms with Crippen LogP contribution in [0.5, 0.6) is 0 Å². The van der Waals surface area contributed by atoms with Gasteiger partial charge in [-0.25, -0.2) is 18.1 Å². The molecule has 0 unspecified atom stereocenters. The van der Waals surface area contributed by atoms with Crippen molar-refractivity contribution >= 4 is 44.6 Å². The summed E-state index contributed by atoms with van der Waals surface area (Å²) < 4.78 is 32.4. The van der Waals surface area contributed by atoms with E-state index in [-0.39, 0.29) is 23.8 Å². The van der Waals surface area contributed by atoms with Gasteiger partial charge in [0, 0.05) is 16.6 Å². The van der Waals surface area contributed by atoms with Crippen molar-refractivity contribution in [3.05, 3.63) is 88.8 Å². The second kappa shape index (κ2) is 9.66. The van der Waals surface area contributed by atoms with Crippen LogP contribution in [0.4, 0.5) is 5.69 Å². The number of amides is 1. The minimum Gasteiger partial charge on any atom is -0.468 e.